The first-order chi connectivity index (χ1) is 7.30. The molecule has 2 unspecified atom stereocenters. The molecule has 0 aromatic rings. The molecule has 1 fully saturated rings. The highest BCUT2D eigenvalue weighted by Crippen LogP contribution is 2.19. The first-order valence-electron chi connectivity index (χ1n) is 6.36. The molecule has 1 aliphatic rings. The van der Waals surface area contributed by atoms with E-state index in [0.29, 0.717) is 12.6 Å². The zero-order chi connectivity index (χ0) is 11.1. The average molecular weight is 214 g/mol. The second-order valence-electron chi connectivity index (χ2n) is 4.59. The number of likely N-dealkylation sites (tertiary alicyclic amines) is 1. The molecule has 0 amide bonds. The molecular formula is C12H26N2O. The summed E-state index contributed by atoms with van der Waals surface area (Å²) in [6.45, 7) is 9.39. The van der Waals surface area contributed by atoms with Gasteiger partial charge in [0.15, 0.2) is 0 Å². The van der Waals surface area contributed by atoms with E-state index in [2.05, 4.69) is 24.1 Å². The van der Waals surface area contributed by atoms with Crippen molar-refractivity contribution in [1.29, 1.82) is 0 Å². The Hall–Kier alpha value is -0.120. The van der Waals surface area contributed by atoms with Gasteiger partial charge in [-0.25, -0.2) is 0 Å². The molecule has 2 atom stereocenters. The van der Waals surface area contributed by atoms with Crippen molar-refractivity contribution in [2.24, 2.45) is 5.92 Å². The van der Waals surface area contributed by atoms with Crippen LogP contribution < -0.4 is 5.32 Å². The number of hydrogen-bond donors (Lipinski definition) is 2. The van der Waals surface area contributed by atoms with E-state index in [-0.39, 0.29) is 0 Å². The van der Waals surface area contributed by atoms with Crippen molar-refractivity contribution < 1.29 is 5.11 Å². The van der Waals surface area contributed by atoms with E-state index in [1.54, 1.807) is 0 Å². The fourth-order valence-corrected chi connectivity index (χ4v) is 2.39. The summed E-state index contributed by atoms with van der Waals surface area (Å²) in [5, 5.41) is 12.3. The quantitative estimate of drug-likeness (QED) is 0.650. The lowest BCUT2D eigenvalue weighted by Gasteiger charge is -2.37. The topological polar surface area (TPSA) is 35.5 Å². The molecule has 0 aromatic heterocycles. The summed E-state index contributed by atoms with van der Waals surface area (Å²) in [7, 11) is 0. The SMILES string of the molecule is CCC1CC(NCCCO)CN(CC)C1. The van der Waals surface area contributed by atoms with Crippen LogP contribution in [0.1, 0.15) is 33.1 Å². The summed E-state index contributed by atoms with van der Waals surface area (Å²) in [5.74, 6) is 0.852. The van der Waals surface area contributed by atoms with Crippen molar-refractivity contribution in [1.82, 2.24) is 10.2 Å². The van der Waals surface area contributed by atoms with Gasteiger partial charge in [-0.05, 0) is 31.8 Å². The van der Waals surface area contributed by atoms with Gasteiger partial charge in [0.05, 0.1) is 0 Å². The van der Waals surface area contributed by atoms with Gasteiger partial charge in [-0.3, -0.25) is 0 Å². The number of aliphatic hydroxyl groups is 1. The van der Waals surface area contributed by atoms with E-state index in [0.717, 1.165) is 25.4 Å². The van der Waals surface area contributed by atoms with Crippen LogP contribution in [-0.2, 0) is 0 Å². The van der Waals surface area contributed by atoms with Crippen LogP contribution in [0.5, 0.6) is 0 Å². The summed E-state index contributed by atoms with van der Waals surface area (Å²) in [4.78, 5) is 2.54. The molecule has 3 heteroatoms. The van der Waals surface area contributed by atoms with Crippen LogP contribution in [0.3, 0.4) is 0 Å². The average Bonchev–Trinajstić information content (AvgIpc) is 2.29. The Bertz CT molecular complexity index is 152. The largest absolute Gasteiger partial charge is 0.396 e. The first kappa shape index (κ1) is 12.9. The summed E-state index contributed by atoms with van der Waals surface area (Å²) in [6, 6.07) is 0.634. The molecule has 0 radical (unpaired) electrons. The highest BCUT2D eigenvalue weighted by Gasteiger charge is 2.24. The van der Waals surface area contributed by atoms with Crippen LogP contribution in [0.4, 0.5) is 0 Å². The van der Waals surface area contributed by atoms with Gasteiger partial charge in [-0.2, -0.15) is 0 Å². The van der Waals surface area contributed by atoms with Crippen molar-refractivity contribution in [3.63, 3.8) is 0 Å². The fourth-order valence-electron chi connectivity index (χ4n) is 2.39. The molecule has 0 aromatic carbocycles. The number of nitrogens with zero attached hydrogens (tertiary/aromatic N) is 1. The molecule has 1 aliphatic heterocycles. The lowest BCUT2D eigenvalue weighted by molar-refractivity contribution is 0.143. The van der Waals surface area contributed by atoms with E-state index < -0.39 is 0 Å². The second-order valence-corrected chi connectivity index (χ2v) is 4.59. The molecule has 2 N–H and O–H groups in total. The van der Waals surface area contributed by atoms with Crippen LogP contribution in [-0.4, -0.2) is 48.8 Å². The van der Waals surface area contributed by atoms with Crippen molar-refractivity contribution in [2.45, 2.75) is 39.2 Å². The Balaban J connectivity index is 2.29. The van der Waals surface area contributed by atoms with E-state index in [4.69, 9.17) is 5.11 Å². The van der Waals surface area contributed by atoms with E-state index in [9.17, 15) is 0 Å². The smallest absolute Gasteiger partial charge is 0.0443 e. The first-order valence-corrected chi connectivity index (χ1v) is 6.36. The van der Waals surface area contributed by atoms with Gasteiger partial charge in [-0.15, -0.1) is 0 Å². The molecule has 90 valence electrons. The Labute approximate surface area is 93.9 Å². The van der Waals surface area contributed by atoms with Crippen LogP contribution in [0.25, 0.3) is 0 Å². The van der Waals surface area contributed by atoms with Gasteiger partial charge in [0.25, 0.3) is 0 Å². The van der Waals surface area contributed by atoms with Crippen molar-refractivity contribution in [2.75, 3.05) is 32.8 Å². The van der Waals surface area contributed by atoms with E-state index >= 15 is 0 Å². The number of likely N-dealkylation sites (N-methyl/N-ethyl adjacent to an activating group) is 1. The fraction of sp³-hybridized carbons (Fsp3) is 1.00. The Kier molecular flexibility index (Phi) is 6.22. The minimum Gasteiger partial charge on any atom is -0.396 e. The van der Waals surface area contributed by atoms with Crippen LogP contribution in [0.2, 0.25) is 0 Å². The van der Waals surface area contributed by atoms with Gasteiger partial charge in [-0.1, -0.05) is 20.3 Å². The van der Waals surface area contributed by atoms with Gasteiger partial charge in [0.1, 0.15) is 0 Å². The summed E-state index contributed by atoms with van der Waals surface area (Å²) >= 11 is 0. The summed E-state index contributed by atoms with van der Waals surface area (Å²) in [6.07, 6.45) is 3.46. The second kappa shape index (κ2) is 7.20. The Morgan fingerprint density at radius 2 is 2.13 bits per heavy atom. The molecule has 15 heavy (non-hydrogen) atoms. The molecule has 0 spiro atoms. The molecule has 3 nitrogen and oxygen atoms in total. The third-order valence-electron chi connectivity index (χ3n) is 3.41. The van der Waals surface area contributed by atoms with E-state index in [1.165, 1.54) is 25.9 Å². The maximum Gasteiger partial charge on any atom is 0.0443 e. The van der Waals surface area contributed by atoms with Crippen LogP contribution in [0, 0.1) is 5.92 Å². The molecule has 0 bridgehead atoms. The highest BCUT2D eigenvalue weighted by atomic mass is 16.3. The molecule has 1 heterocycles. The minimum atomic E-state index is 0.300. The Morgan fingerprint density at radius 1 is 1.33 bits per heavy atom. The molecule has 0 aliphatic carbocycles. The van der Waals surface area contributed by atoms with Crippen molar-refractivity contribution in [3.05, 3.63) is 0 Å². The van der Waals surface area contributed by atoms with Gasteiger partial charge in [0.2, 0.25) is 0 Å². The monoisotopic (exact) mass is 214 g/mol. The predicted octanol–water partition coefficient (Wildman–Crippen LogP) is 1.08. The molecule has 0 saturated carbocycles. The van der Waals surface area contributed by atoms with Gasteiger partial charge >= 0.3 is 0 Å². The zero-order valence-electron chi connectivity index (χ0n) is 10.2. The maximum atomic E-state index is 8.74. The summed E-state index contributed by atoms with van der Waals surface area (Å²) in [5.41, 5.74) is 0. The van der Waals surface area contributed by atoms with Crippen molar-refractivity contribution >= 4 is 0 Å². The third-order valence-corrected chi connectivity index (χ3v) is 3.41. The molecule has 1 saturated heterocycles. The number of piperidine rings is 1. The standard InChI is InChI=1S/C12H26N2O/c1-3-11-8-12(13-6-5-7-15)10-14(4-2)9-11/h11-13,15H,3-10H2,1-2H3. The highest BCUT2D eigenvalue weighted by molar-refractivity contribution is 4.82. The van der Waals surface area contributed by atoms with E-state index in [1.807, 2.05) is 0 Å². The van der Waals surface area contributed by atoms with Gasteiger partial charge in [0, 0.05) is 25.7 Å². The minimum absolute atomic E-state index is 0.300. The van der Waals surface area contributed by atoms with Crippen LogP contribution in [0.15, 0.2) is 0 Å². The molecular weight excluding hydrogens is 188 g/mol. The lowest BCUT2D eigenvalue weighted by atomic mass is 9.92. The predicted molar refractivity (Wildman–Crippen MR) is 64.0 cm³/mol. The number of aliphatic hydroxyl groups excluding tert-OH is 1. The zero-order valence-corrected chi connectivity index (χ0v) is 10.2. The summed E-state index contributed by atoms with van der Waals surface area (Å²) < 4.78 is 0. The lowest BCUT2D eigenvalue weighted by Crippen LogP contribution is -2.49. The number of nitrogens with one attached hydrogen (secondary N) is 1. The third kappa shape index (κ3) is 4.49. The Morgan fingerprint density at radius 3 is 2.73 bits per heavy atom. The molecule has 1 rings (SSSR count). The number of hydrogen-bond acceptors (Lipinski definition) is 3. The maximum absolute atomic E-state index is 8.74. The van der Waals surface area contributed by atoms with Gasteiger partial charge < -0.3 is 15.3 Å². The van der Waals surface area contributed by atoms with Crippen LogP contribution >= 0.6 is 0 Å². The van der Waals surface area contributed by atoms with Crippen molar-refractivity contribution in [3.8, 4) is 0 Å². The normalized spacial score (nSPS) is 28.2. The number of rotatable bonds is 6.